The fourth-order valence-corrected chi connectivity index (χ4v) is 7.13. The molecule has 0 unspecified atom stereocenters. The van der Waals surface area contributed by atoms with E-state index in [0.29, 0.717) is 34.5 Å². The zero-order valence-electron chi connectivity index (χ0n) is 25.0. The molecular weight excluding hydrogens is 571 g/mol. The van der Waals surface area contributed by atoms with Crippen LogP contribution in [0.5, 0.6) is 0 Å². The summed E-state index contributed by atoms with van der Waals surface area (Å²) in [7, 11) is -4.06. The molecule has 5 rings (SSSR count). The van der Waals surface area contributed by atoms with E-state index < -0.39 is 22.2 Å². The van der Waals surface area contributed by atoms with Gasteiger partial charge in [0.05, 0.1) is 30.3 Å². The van der Waals surface area contributed by atoms with E-state index in [2.05, 4.69) is 16.8 Å². The molecule has 0 radical (unpaired) electrons. The molecule has 0 atom stereocenters. The lowest BCUT2D eigenvalue weighted by Crippen LogP contribution is -2.40. The SMILES string of the molecule is CCCCC1=NC2(CCCC2)C(=O)N1Cc1ccc(-c2ccccc2S(=O)(=O)Nc2onc(C)c2C)c(COCCF)c1. The van der Waals surface area contributed by atoms with Crippen molar-refractivity contribution >= 4 is 27.7 Å². The van der Waals surface area contributed by atoms with Gasteiger partial charge in [-0.2, -0.15) is 0 Å². The van der Waals surface area contributed by atoms with Gasteiger partial charge in [0, 0.05) is 17.5 Å². The smallest absolute Gasteiger partial charge is 0.264 e. The van der Waals surface area contributed by atoms with Crippen LogP contribution in [0.15, 0.2) is 56.9 Å². The molecule has 1 amide bonds. The molecule has 3 aromatic rings. The molecule has 1 aromatic heterocycles. The number of aliphatic imine (C=N–C) groups is 1. The number of amidine groups is 1. The highest BCUT2D eigenvalue weighted by Gasteiger charge is 2.49. The summed E-state index contributed by atoms with van der Waals surface area (Å²) < 4.78 is 53.4. The van der Waals surface area contributed by atoms with Crippen molar-refractivity contribution in [3.63, 3.8) is 0 Å². The third-order valence-electron chi connectivity index (χ3n) is 8.32. The van der Waals surface area contributed by atoms with Gasteiger partial charge in [0.2, 0.25) is 5.88 Å². The molecule has 1 saturated carbocycles. The Kier molecular flexibility index (Phi) is 9.31. The Labute approximate surface area is 252 Å². The van der Waals surface area contributed by atoms with Crippen LogP contribution in [0.2, 0.25) is 0 Å². The first-order valence-corrected chi connectivity index (χ1v) is 16.4. The minimum Gasteiger partial charge on any atom is -0.374 e. The summed E-state index contributed by atoms with van der Waals surface area (Å²) in [6, 6.07) is 12.3. The summed E-state index contributed by atoms with van der Waals surface area (Å²) in [6.07, 6.45) is 6.27. The average Bonchev–Trinajstić information content (AvgIpc) is 3.67. The van der Waals surface area contributed by atoms with Crippen LogP contribution in [0.4, 0.5) is 10.3 Å². The van der Waals surface area contributed by atoms with Gasteiger partial charge in [-0.25, -0.2) is 17.5 Å². The van der Waals surface area contributed by atoms with Crippen LogP contribution in [0.1, 0.15) is 74.3 Å². The number of unbranched alkanes of at least 4 members (excludes halogenated alkanes) is 1. The molecule has 2 aliphatic rings. The van der Waals surface area contributed by atoms with Crippen LogP contribution < -0.4 is 4.72 Å². The molecule has 1 aliphatic heterocycles. The highest BCUT2D eigenvalue weighted by atomic mass is 32.2. The maximum Gasteiger partial charge on any atom is 0.264 e. The number of hydrogen-bond acceptors (Lipinski definition) is 7. The fraction of sp³-hybridized carbons (Fsp3) is 0.469. The summed E-state index contributed by atoms with van der Waals surface area (Å²) in [5.41, 5.74) is 3.21. The molecule has 0 saturated heterocycles. The van der Waals surface area contributed by atoms with Gasteiger partial charge in [-0.05, 0) is 55.9 Å². The second-order valence-corrected chi connectivity index (χ2v) is 13.0. The number of nitrogens with one attached hydrogen (secondary N) is 1. The molecule has 2 aromatic carbocycles. The molecule has 0 bridgehead atoms. The quantitative estimate of drug-likeness (QED) is 0.221. The van der Waals surface area contributed by atoms with Crippen LogP contribution in [0, 0.1) is 13.8 Å². The number of carbonyl (C=O) groups is 1. The number of aromatic nitrogens is 1. The summed E-state index contributed by atoms with van der Waals surface area (Å²) in [5.74, 6) is 0.967. The average molecular weight is 611 g/mol. The lowest BCUT2D eigenvalue weighted by molar-refractivity contribution is -0.131. The topological polar surface area (TPSA) is 114 Å². The van der Waals surface area contributed by atoms with Gasteiger partial charge in [-0.3, -0.25) is 14.7 Å². The lowest BCUT2D eigenvalue weighted by Gasteiger charge is -2.23. The minimum atomic E-state index is -4.06. The van der Waals surface area contributed by atoms with Crippen molar-refractivity contribution in [1.29, 1.82) is 0 Å². The highest BCUT2D eigenvalue weighted by molar-refractivity contribution is 7.92. The number of alkyl halides is 1. The van der Waals surface area contributed by atoms with E-state index >= 15 is 0 Å². The number of rotatable bonds is 13. The number of benzene rings is 2. The Balaban J connectivity index is 1.49. The largest absolute Gasteiger partial charge is 0.374 e. The standard InChI is InChI=1S/C32H39FN4O5S/c1-4-5-12-29-34-32(15-8-9-16-32)31(38)37(29)20-24-13-14-26(25(19-24)21-41-18-17-33)27-10-6-7-11-28(27)43(39,40)36-30-22(2)23(3)35-42-30/h6-7,10-11,13-14,19,36H,4-5,8-9,12,15-18,20-21H2,1-3H3. The number of halogens is 1. The van der Waals surface area contributed by atoms with Crippen molar-refractivity contribution in [2.24, 2.45) is 4.99 Å². The van der Waals surface area contributed by atoms with Crippen molar-refractivity contribution in [3.8, 4) is 11.1 Å². The van der Waals surface area contributed by atoms with Gasteiger partial charge >= 0.3 is 0 Å². The fourth-order valence-electron chi connectivity index (χ4n) is 5.86. The summed E-state index contributed by atoms with van der Waals surface area (Å²) in [6.45, 7) is 5.29. The summed E-state index contributed by atoms with van der Waals surface area (Å²) in [5, 5.41) is 3.85. The van der Waals surface area contributed by atoms with Crippen molar-refractivity contribution < 1.29 is 26.9 Å². The maximum absolute atomic E-state index is 13.7. The third-order valence-corrected chi connectivity index (χ3v) is 9.71. The number of amides is 1. The van der Waals surface area contributed by atoms with Gasteiger partial charge < -0.3 is 9.26 Å². The van der Waals surface area contributed by atoms with Gasteiger partial charge in [-0.1, -0.05) is 67.7 Å². The predicted molar refractivity (Wildman–Crippen MR) is 163 cm³/mol. The lowest BCUT2D eigenvalue weighted by atomic mass is 9.96. The maximum atomic E-state index is 13.7. The minimum absolute atomic E-state index is 0.0508. The molecule has 9 nitrogen and oxygen atoms in total. The monoisotopic (exact) mass is 610 g/mol. The van der Waals surface area contributed by atoms with Gasteiger partial charge in [0.15, 0.2) is 0 Å². The molecular formula is C32H39FN4O5S. The Morgan fingerprint density at radius 1 is 1.12 bits per heavy atom. The first-order chi connectivity index (χ1) is 20.7. The first-order valence-electron chi connectivity index (χ1n) is 14.9. The van der Waals surface area contributed by atoms with E-state index in [0.717, 1.165) is 56.3 Å². The van der Waals surface area contributed by atoms with Crippen LogP contribution in [0.3, 0.4) is 0 Å². The molecule has 1 N–H and O–H groups in total. The van der Waals surface area contributed by atoms with Gasteiger partial charge in [0.25, 0.3) is 15.9 Å². The zero-order chi connectivity index (χ0) is 30.6. The van der Waals surface area contributed by atoms with Crippen LogP contribution >= 0.6 is 0 Å². The zero-order valence-corrected chi connectivity index (χ0v) is 25.8. The second-order valence-electron chi connectivity index (χ2n) is 11.3. The number of aryl methyl sites for hydroxylation is 1. The van der Waals surface area contributed by atoms with E-state index in [1.165, 1.54) is 6.07 Å². The molecule has 2 heterocycles. The van der Waals surface area contributed by atoms with E-state index in [4.69, 9.17) is 14.3 Å². The van der Waals surface area contributed by atoms with Crippen molar-refractivity contribution in [2.45, 2.75) is 89.3 Å². The summed E-state index contributed by atoms with van der Waals surface area (Å²) in [4.78, 5) is 20.5. The highest BCUT2D eigenvalue weighted by Crippen LogP contribution is 2.40. The van der Waals surface area contributed by atoms with Gasteiger partial charge in [-0.15, -0.1) is 0 Å². The summed E-state index contributed by atoms with van der Waals surface area (Å²) >= 11 is 0. The number of anilines is 1. The molecule has 230 valence electrons. The van der Waals surface area contributed by atoms with Crippen LogP contribution in [0.25, 0.3) is 11.1 Å². The normalized spacial score (nSPS) is 16.3. The third kappa shape index (κ3) is 6.38. The Morgan fingerprint density at radius 3 is 2.58 bits per heavy atom. The number of ether oxygens (including phenoxy) is 1. The molecule has 11 heteroatoms. The molecule has 43 heavy (non-hydrogen) atoms. The van der Waals surface area contributed by atoms with Crippen molar-refractivity contribution in [3.05, 3.63) is 64.8 Å². The van der Waals surface area contributed by atoms with Crippen molar-refractivity contribution in [1.82, 2.24) is 10.1 Å². The Hall–Kier alpha value is -3.57. The number of nitrogens with zero attached hydrogens (tertiary/aromatic N) is 3. The number of hydrogen-bond donors (Lipinski definition) is 1. The van der Waals surface area contributed by atoms with E-state index in [9.17, 15) is 17.6 Å². The second kappa shape index (κ2) is 13.0. The number of sulfonamides is 1. The predicted octanol–water partition coefficient (Wildman–Crippen LogP) is 6.49. The van der Waals surface area contributed by atoms with E-state index in [1.807, 2.05) is 23.1 Å². The molecule has 1 spiro atoms. The van der Waals surface area contributed by atoms with Crippen LogP contribution in [-0.4, -0.2) is 49.0 Å². The van der Waals surface area contributed by atoms with Crippen molar-refractivity contribution in [2.75, 3.05) is 18.0 Å². The molecule has 1 aliphatic carbocycles. The van der Waals surface area contributed by atoms with Gasteiger partial charge in [0.1, 0.15) is 18.0 Å². The van der Waals surface area contributed by atoms with E-state index in [-0.39, 0.29) is 29.9 Å². The van der Waals surface area contributed by atoms with Crippen LogP contribution in [-0.2, 0) is 32.7 Å². The number of carbonyl (C=O) groups excluding carboxylic acids is 1. The molecule has 1 fully saturated rings. The Morgan fingerprint density at radius 2 is 1.88 bits per heavy atom. The Bertz CT molecular complexity index is 1610. The first kappa shape index (κ1) is 30.9. The van der Waals surface area contributed by atoms with E-state index in [1.54, 1.807) is 32.0 Å².